The molecule has 0 aliphatic heterocycles. The molecule has 15 heavy (non-hydrogen) atoms. The largest absolute Gasteiger partial charge is 0.270 e. The summed E-state index contributed by atoms with van der Waals surface area (Å²) >= 11 is 0. The minimum Gasteiger partial charge on any atom is -0.270 e. The van der Waals surface area contributed by atoms with Crippen molar-refractivity contribution in [3.8, 4) is 0 Å². The molecule has 0 aliphatic carbocycles. The van der Waals surface area contributed by atoms with Gasteiger partial charge in [0.1, 0.15) is 5.82 Å². The molecule has 1 aromatic rings. The number of halogens is 1. The minimum atomic E-state index is -3.35. The van der Waals surface area contributed by atoms with Crippen molar-refractivity contribution in [3.63, 3.8) is 0 Å². The first-order valence-electron chi connectivity index (χ1n) is 4.56. The molecule has 0 saturated carbocycles. The molecule has 0 fully saturated rings. The molecular formula is C10H13FO3S. The van der Waals surface area contributed by atoms with Gasteiger partial charge in [0.25, 0.3) is 10.1 Å². The Bertz CT molecular complexity index is 397. The highest BCUT2D eigenvalue weighted by molar-refractivity contribution is 7.85. The minimum absolute atomic E-state index is 0.163. The lowest BCUT2D eigenvalue weighted by Gasteiger charge is -2.01. The molecule has 0 spiro atoms. The third kappa shape index (κ3) is 5.49. The van der Waals surface area contributed by atoms with E-state index in [4.69, 9.17) is 0 Å². The number of aryl methyl sites for hydroxylation is 1. The molecule has 1 rings (SSSR count). The Labute approximate surface area is 89.0 Å². The van der Waals surface area contributed by atoms with Gasteiger partial charge in [0, 0.05) is 0 Å². The quantitative estimate of drug-likeness (QED) is 0.573. The second kappa shape index (κ2) is 5.23. The zero-order valence-electron chi connectivity index (χ0n) is 8.44. The van der Waals surface area contributed by atoms with Gasteiger partial charge in [-0.1, -0.05) is 12.1 Å². The second-order valence-corrected chi connectivity index (χ2v) is 4.90. The van der Waals surface area contributed by atoms with E-state index in [1.54, 1.807) is 12.1 Å². The summed E-state index contributed by atoms with van der Waals surface area (Å²) in [6.07, 6.45) is 2.29. The van der Waals surface area contributed by atoms with E-state index in [0.717, 1.165) is 11.8 Å². The van der Waals surface area contributed by atoms with E-state index >= 15 is 0 Å². The smallest absolute Gasteiger partial charge is 0.264 e. The van der Waals surface area contributed by atoms with E-state index < -0.39 is 10.1 Å². The molecule has 0 unspecified atom stereocenters. The fraction of sp³-hybridized carbons (Fsp3) is 0.400. The highest BCUT2D eigenvalue weighted by Crippen LogP contribution is 2.05. The summed E-state index contributed by atoms with van der Waals surface area (Å²) in [6.45, 7) is 0.163. The van der Waals surface area contributed by atoms with Gasteiger partial charge in [-0.2, -0.15) is 8.42 Å². The van der Waals surface area contributed by atoms with Gasteiger partial charge < -0.3 is 0 Å². The van der Waals surface area contributed by atoms with E-state index in [1.807, 2.05) is 0 Å². The van der Waals surface area contributed by atoms with Crippen LogP contribution in [0.2, 0.25) is 0 Å². The molecule has 0 saturated heterocycles. The third-order valence-electron chi connectivity index (χ3n) is 1.82. The van der Waals surface area contributed by atoms with Crippen LogP contribution in [-0.2, 0) is 20.7 Å². The van der Waals surface area contributed by atoms with Crippen molar-refractivity contribution in [2.75, 3.05) is 12.9 Å². The van der Waals surface area contributed by atoms with Crippen molar-refractivity contribution in [1.29, 1.82) is 0 Å². The van der Waals surface area contributed by atoms with Crippen molar-refractivity contribution < 1.29 is 17.0 Å². The maximum absolute atomic E-state index is 12.5. The van der Waals surface area contributed by atoms with Crippen molar-refractivity contribution in [2.24, 2.45) is 0 Å². The molecule has 0 amide bonds. The number of benzene rings is 1. The normalized spacial score (nSPS) is 11.6. The van der Waals surface area contributed by atoms with Crippen LogP contribution in [0.15, 0.2) is 24.3 Å². The van der Waals surface area contributed by atoms with Crippen LogP contribution in [0.5, 0.6) is 0 Å². The van der Waals surface area contributed by atoms with Gasteiger partial charge in [0.15, 0.2) is 0 Å². The van der Waals surface area contributed by atoms with Crippen LogP contribution >= 0.6 is 0 Å². The average Bonchev–Trinajstić information content (AvgIpc) is 2.14. The van der Waals surface area contributed by atoms with Gasteiger partial charge in [-0.15, -0.1) is 0 Å². The van der Waals surface area contributed by atoms with Gasteiger partial charge in [-0.25, -0.2) is 4.39 Å². The van der Waals surface area contributed by atoms with Gasteiger partial charge >= 0.3 is 0 Å². The van der Waals surface area contributed by atoms with E-state index in [9.17, 15) is 12.8 Å². The first-order valence-corrected chi connectivity index (χ1v) is 6.38. The summed E-state index contributed by atoms with van der Waals surface area (Å²) in [5.74, 6) is -0.272. The predicted octanol–water partition coefficient (Wildman–Crippen LogP) is 1.73. The summed E-state index contributed by atoms with van der Waals surface area (Å²) in [4.78, 5) is 0. The summed E-state index contributed by atoms with van der Waals surface area (Å²) in [5, 5.41) is 0. The molecule has 0 radical (unpaired) electrons. The molecule has 0 aromatic heterocycles. The summed E-state index contributed by atoms with van der Waals surface area (Å²) in [7, 11) is -3.35. The Morgan fingerprint density at radius 1 is 1.27 bits per heavy atom. The van der Waals surface area contributed by atoms with E-state index in [0.29, 0.717) is 12.8 Å². The Morgan fingerprint density at radius 2 is 1.87 bits per heavy atom. The highest BCUT2D eigenvalue weighted by atomic mass is 32.2. The summed E-state index contributed by atoms with van der Waals surface area (Å²) < 4.78 is 38.3. The third-order valence-corrected chi connectivity index (χ3v) is 2.42. The van der Waals surface area contributed by atoms with Gasteiger partial charge in [0.05, 0.1) is 12.9 Å². The van der Waals surface area contributed by atoms with Crippen LogP contribution in [0.1, 0.15) is 12.0 Å². The molecule has 1 aromatic carbocycles. The van der Waals surface area contributed by atoms with Crippen LogP contribution in [0.25, 0.3) is 0 Å². The van der Waals surface area contributed by atoms with Crippen LogP contribution in [0, 0.1) is 5.82 Å². The predicted molar refractivity (Wildman–Crippen MR) is 55.5 cm³/mol. The monoisotopic (exact) mass is 232 g/mol. The van der Waals surface area contributed by atoms with Crippen LogP contribution in [-0.4, -0.2) is 21.3 Å². The lowest BCUT2D eigenvalue weighted by atomic mass is 10.1. The molecule has 0 aliphatic rings. The Balaban J connectivity index is 2.29. The standard InChI is InChI=1S/C10H13FO3S/c1-15(12,13)14-8-2-3-9-4-6-10(11)7-5-9/h4-7H,2-3,8H2,1H3. The number of hydrogen-bond acceptors (Lipinski definition) is 3. The Morgan fingerprint density at radius 3 is 2.40 bits per heavy atom. The van der Waals surface area contributed by atoms with Gasteiger partial charge in [-0.05, 0) is 30.5 Å². The van der Waals surface area contributed by atoms with Crippen LogP contribution in [0.3, 0.4) is 0 Å². The molecule has 0 N–H and O–H groups in total. The summed E-state index contributed by atoms with van der Waals surface area (Å²) in [6, 6.07) is 6.12. The zero-order chi connectivity index (χ0) is 11.3. The van der Waals surface area contributed by atoms with E-state index in [1.165, 1.54) is 12.1 Å². The van der Waals surface area contributed by atoms with Crippen molar-refractivity contribution in [1.82, 2.24) is 0 Å². The lowest BCUT2D eigenvalue weighted by Crippen LogP contribution is -2.04. The maximum atomic E-state index is 12.5. The van der Waals surface area contributed by atoms with Crippen molar-refractivity contribution in [3.05, 3.63) is 35.6 Å². The molecule has 5 heteroatoms. The zero-order valence-corrected chi connectivity index (χ0v) is 9.26. The first-order chi connectivity index (χ1) is 6.97. The SMILES string of the molecule is CS(=O)(=O)OCCCc1ccc(F)cc1. The van der Waals surface area contributed by atoms with Crippen LogP contribution in [0.4, 0.5) is 4.39 Å². The fourth-order valence-electron chi connectivity index (χ4n) is 1.14. The molecule has 0 heterocycles. The van der Waals surface area contributed by atoms with Crippen molar-refractivity contribution in [2.45, 2.75) is 12.8 Å². The topological polar surface area (TPSA) is 43.4 Å². The average molecular weight is 232 g/mol. The van der Waals surface area contributed by atoms with E-state index in [-0.39, 0.29) is 12.4 Å². The number of hydrogen-bond donors (Lipinski definition) is 0. The van der Waals surface area contributed by atoms with Gasteiger partial charge in [-0.3, -0.25) is 4.18 Å². The Hall–Kier alpha value is -0.940. The molecular weight excluding hydrogens is 219 g/mol. The van der Waals surface area contributed by atoms with Crippen molar-refractivity contribution >= 4 is 10.1 Å². The summed E-state index contributed by atoms with van der Waals surface area (Å²) in [5.41, 5.74) is 0.966. The first kappa shape index (κ1) is 12.1. The lowest BCUT2D eigenvalue weighted by molar-refractivity contribution is 0.316. The molecule has 0 bridgehead atoms. The highest BCUT2D eigenvalue weighted by Gasteiger charge is 2.01. The maximum Gasteiger partial charge on any atom is 0.264 e. The molecule has 84 valence electrons. The molecule has 0 atom stereocenters. The fourth-order valence-corrected chi connectivity index (χ4v) is 1.56. The Kier molecular flexibility index (Phi) is 4.23. The van der Waals surface area contributed by atoms with E-state index in [2.05, 4.69) is 4.18 Å². The molecule has 3 nitrogen and oxygen atoms in total. The van der Waals surface area contributed by atoms with Crippen LogP contribution < -0.4 is 0 Å². The number of rotatable bonds is 5. The van der Waals surface area contributed by atoms with Gasteiger partial charge in [0.2, 0.25) is 0 Å². The second-order valence-electron chi connectivity index (χ2n) is 3.26.